The Labute approximate surface area is 142 Å². The highest BCUT2D eigenvalue weighted by Crippen LogP contribution is 2.17. The van der Waals surface area contributed by atoms with Crippen LogP contribution in [0.1, 0.15) is 25.5 Å². The molecule has 0 aliphatic carbocycles. The number of carbonyl (C=O) groups is 1. The van der Waals surface area contributed by atoms with Crippen LogP contribution in [0.4, 0.5) is 4.79 Å². The second kappa shape index (κ2) is 8.32. The topological polar surface area (TPSA) is 94.1 Å². The van der Waals surface area contributed by atoms with Crippen molar-refractivity contribution in [2.45, 2.75) is 25.5 Å². The largest absolute Gasteiger partial charge is 0.508 e. The predicted octanol–water partition coefficient (Wildman–Crippen LogP) is 0.836. The SMILES string of the molecule is CC(C)(CN1CCOCC1)NC(=O)NC[C@@H](O)c1cccc(O)c1. The van der Waals surface area contributed by atoms with E-state index < -0.39 is 11.6 Å². The number of rotatable bonds is 6. The van der Waals surface area contributed by atoms with Crippen molar-refractivity contribution in [1.29, 1.82) is 0 Å². The minimum absolute atomic E-state index is 0.0723. The minimum atomic E-state index is -0.870. The van der Waals surface area contributed by atoms with E-state index >= 15 is 0 Å². The summed E-state index contributed by atoms with van der Waals surface area (Å²) in [5, 5.41) is 25.1. The number of phenolic OH excluding ortho intramolecular Hbond substituents is 1. The van der Waals surface area contributed by atoms with Crippen LogP contribution in [0.2, 0.25) is 0 Å². The van der Waals surface area contributed by atoms with E-state index in [2.05, 4.69) is 15.5 Å². The summed E-state index contributed by atoms with van der Waals surface area (Å²) in [7, 11) is 0. The van der Waals surface area contributed by atoms with Crippen molar-refractivity contribution in [3.05, 3.63) is 29.8 Å². The third-order valence-corrected chi connectivity index (χ3v) is 3.89. The summed E-state index contributed by atoms with van der Waals surface area (Å²) in [6.45, 7) is 7.91. The van der Waals surface area contributed by atoms with Crippen LogP contribution in [0.3, 0.4) is 0 Å². The number of carbonyl (C=O) groups excluding carboxylic acids is 1. The lowest BCUT2D eigenvalue weighted by Gasteiger charge is -2.35. The fraction of sp³-hybridized carbons (Fsp3) is 0.588. The first kappa shape index (κ1) is 18.5. The molecule has 7 nitrogen and oxygen atoms in total. The number of benzene rings is 1. The van der Waals surface area contributed by atoms with Crippen molar-refractivity contribution in [2.24, 2.45) is 0 Å². The molecule has 1 aliphatic heterocycles. The average molecular weight is 337 g/mol. The molecule has 1 heterocycles. The summed E-state index contributed by atoms with van der Waals surface area (Å²) in [5.74, 6) is 0.0858. The lowest BCUT2D eigenvalue weighted by atomic mass is 10.0. The summed E-state index contributed by atoms with van der Waals surface area (Å²) in [5.41, 5.74) is 0.167. The van der Waals surface area contributed by atoms with E-state index in [9.17, 15) is 15.0 Å². The molecular weight excluding hydrogens is 310 g/mol. The summed E-state index contributed by atoms with van der Waals surface area (Å²) in [4.78, 5) is 14.3. The van der Waals surface area contributed by atoms with E-state index in [1.165, 1.54) is 12.1 Å². The number of urea groups is 1. The van der Waals surface area contributed by atoms with Gasteiger partial charge in [-0.15, -0.1) is 0 Å². The van der Waals surface area contributed by atoms with Crippen LogP contribution in [0, 0.1) is 0 Å². The van der Waals surface area contributed by atoms with Gasteiger partial charge in [-0.2, -0.15) is 0 Å². The molecule has 2 amide bonds. The molecular formula is C17H27N3O4. The Kier molecular flexibility index (Phi) is 6.42. The summed E-state index contributed by atoms with van der Waals surface area (Å²) >= 11 is 0. The molecule has 134 valence electrons. The number of aliphatic hydroxyl groups excluding tert-OH is 1. The molecule has 0 unspecified atom stereocenters. The monoisotopic (exact) mass is 337 g/mol. The van der Waals surface area contributed by atoms with E-state index in [4.69, 9.17) is 4.74 Å². The van der Waals surface area contributed by atoms with Crippen LogP contribution in [-0.4, -0.2) is 66.1 Å². The van der Waals surface area contributed by atoms with Gasteiger partial charge in [-0.25, -0.2) is 4.79 Å². The van der Waals surface area contributed by atoms with Crippen molar-refractivity contribution < 1.29 is 19.7 Å². The number of morpholine rings is 1. The van der Waals surface area contributed by atoms with Gasteiger partial charge in [-0.1, -0.05) is 12.1 Å². The van der Waals surface area contributed by atoms with Crippen molar-refractivity contribution in [1.82, 2.24) is 15.5 Å². The van der Waals surface area contributed by atoms with Crippen LogP contribution in [0.15, 0.2) is 24.3 Å². The Morgan fingerprint density at radius 3 is 2.75 bits per heavy atom. The quantitative estimate of drug-likeness (QED) is 0.617. The van der Waals surface area contributed by atoms with E-state index in [0.29, 0.717) is 5.56 Å². The smallest absolute Gasteiger partial charge is 0.315 e. The third-order valence-electron chi connectivity index (χ3n) is 3.89. The van der Waals surface area contributed by atoms with Crippen LogP contribution in [0.25, 0.3) is 0 Å². The molecule has 1 saturated heterocycles. The molecule has 24 heavy (non-hydrogen) atoms. The van der Waals surface area contributed by atoms with Crippen LogP contribution in [0.5, 0.6) is 5.75 Å². The second-order valence-corrected chi connectivity index (χ2v) is 6.72. The highest BCUT2D eigenvalue weighted by molar-refractivity contribution is 5.74. The van der Waals surface area contributed by atoms with Gasteiger partial charge in [0.1, 0.15) is 5.75 Å². The highest BCUT2D eigenvalue weighted by Gasteiger charge is 2.25. The van der Waals surface area contributed by atoms with Crippen molar-refractivity contribution in [3.8, 4) is 5.75 Å². The van der Waals surface area contributed by atoms with Crippen molar-refractivity contribution >= 4 is 6.03 Å². The van der Waals surface area contributed by atoms with E-state index in [0.717, 1.165) is 32.8 Å². The second-order valence-electron chi connectivity index (χ2n) is 6.72. The molecule has 0 saturated carbocycles. The number of aliphatic hydroxyl groups is 1. The Hall–Kier alpha value is -1.83. The first-order valence-corrected chi connectivity index (χ1v) is 8.19. The van der Waals surface area contributed by atoms with Crippen molar-refractivity contribution in [2.75, 3.05) is 39.4 Å². The first-order valence-electron chi connectivity index (χ1n) is 8.19. The summed E-state index contributed by atoms with van der Waals surface area (Å²) in [6, 6.07) is 6.04. The molecule has 2 rings (SSSR count). The molecule has 0 radical (unpaired) electrons. The number of ether oxygens (including phenoxy) is 1. The van der Waals surface area contributed by atoms with Gasteiger partial charge >= 0.3 is 6.03 Å². The number of amides is 2. The van der Waals surface area contributed by atoms with Crippen LogP contribution >= 0.6 is 0 Å². The van der Waals surface area contributed by atoms with Gasteiger partial charge in [0.25, 0.3) is 0 Å². The molecule has 0 bridgehead atoms. The molecule has 1 aromatic rings. The molecule has 1 aliphatic rings. The van der Waals surface area contributed by atoms with Crippen LogP contribution in [-0.2, 0) is 4.74 Å². The fourth-order valence-corrected chi connectivity index (χ4v) is 2.75. The highest BCUT2D eigenvalue weighted by atomic mass is 16.5. The number of nitrogens with zero attached hydrogens (tertiary/aromatic N) is 1. The van der Waals surface area contributed by atoms with Gasteiger partial charge in [-0.05, 0) is 31.5 Å². The van der Waals surface area contributed by atoms with Crippen LogP contribution < -0.4 is 10.6 Å². The predicted molar refractivity (Wildman–Crippen MR) is 90.9 cm³/mol. The minimum Gasteiger partial charge on any atom is -0.508 e. The van der Waals surface area contributed by atoms with Gasteiger partial charge in [0.2, 0.25) is 0 Å². The Morgan fingerprint density at radius 2 is 2.08 bits per heavy atom. The molecule has 0 spiro atoms. The standard InChI is InChI=1S/C17H27N3O4/c1-17(2,12-20-6-8-24-9-7-20)19-16(23)18-11-15(22)13-4-3-5-14(21)10-13/h3-5,10,15,21-22H,6-9,11-12H2,1-2H3,(H2,18,19,23)/t15-/m1/s1. The molecule has 7 heteroatoms. The van der Waals surface area contributed by atoms with E-state index in [1.54, 1.807) is 12.1 Å². The summed E-state index contributed by atoms with van der Waals surface area (Å²) in [6.07, 6.45) is -0.870. The Bertz CT molecular complexity index is 544. The van der Waals surface area contributed by atoms with Gasteiger partial charge in [0, 0.05) is 31.7 Å². The fourth-order valence-electron chi connectivity index (χ4n) is 2.75. The third kappa shape index (κ3) is 5.99. The van der Waals surface area contributed by atoms with Gasteiger partial charge in [0.15, 0.2) is 0 Å². The van der Waals surface area contributed by atoms with Gasteiger partial charge in [0.05, 0.1) is 19.3 Å². The van der Waals surface area contributed by atoms with E-state index in [1.807, 2.05) is 13.8 Å². The van der Waals surface area contributed by atoms with Crippen molar-refractivity contribution in [3.63, 3.8) is 0 Å². The molecule has 0 aromatic heterocycles. The molecule has 4 N–H and O–H groups in total. The zero-order valence-electron chi connectivity index (χ0n) is 14.3. The normalized spacial score (nSPS) is 17.3. The number of aromatic hydroxyl groups is 1. The maximum absolute atomic E-state index is 12.1. The van der Waals surface area contributed by atoms with E-state index in [-0.39, 0.29) is 18.3 Å². The molecule has 1 aromatic carbocycles. The average Bonchev–Trinajstić information content (AvgIpc) is 2.52. The zero-order chi connectivity index (χ0) is 17.6. The summed E-state index contributed by atoms with van der Waals surface area (Å²) < 4.78 is 5.32. The number of nitrogens with one attached hydrogen (secondary N) is 2. The first-order chi connectivity index (χ1) is 11.4. The Balaban J connectivity index is 1.77. The molecule has 1 fully saturated rings. The number of hydrogen-bond donors (Lipinski definition) is 4. The zero-order valence-corrected chi connectivity index (χ0v) is 14.3. The van der Waals surface area contributed by atoms with Gasteiger partial charge in [-0.3, -0.25) is 4.90 Å². The van der Waals surface area contributed by atoms with Gasteiger partial charge < -0.3 is 25.6 Å². The lowest BCUT2D eigenvalue weighted by Crippen LogP contribution is -2.56. The maximum atomic E-state index is 12.1. The molecule has 1 atom stereocenters. The Morgan fingerprint density at radius 1 is 1.38 bits per heavy atom. The maximum Gasteiger partial charge on any atom is 0.315 e. The lowest BCUT2D eigenvalue weighted by molar-refractivity contribution is 0.0280. The number of phenols is 1. The number of hydrogen-bond acceptors (Lipinski definition) is 5.